The van der Waals surface area contributed by atoms with Crippen LogP contribution in [0.25, 0.3) is 33.5 Å². The number of aromatic amines is 2. The van der Waals surface area contributed by atoms with Crippen molar-refractivity contribution in [2.75, 3.05) is 32.7 Å². The fraction of sp³-hybridized carbons (Fsp3) is 0.346. The highest BCUT2D eigenvalue weighted by Crippen LogP contribution is 2.30. The molecular formula is C26H28N8O. The molecule has 0 radical (unpaired) electrons. The van der Waals surface area contributed by atoms with E-state index in [1.807, 2.05) is 29.2 Å². The number of benzene rings is 1. The molecule has 178 valence electrons. The van der Waals surface area contributed by atoms with Gasteiger partial charge in [-0.25, -0.2) is 4.98 Å². The number of hydrogen-bond acceptors (Lipinski definition) is 6. The lowest BCUT2D eigenvalue weighted by Crippen LogP contribution is -2.44. The molecule has 0 bridgehead atoms. The number of piperidine rings is 1. The van der Waals surface area contributed by atoms with Gasteiger partial charge in [0.1, 0.15) is 11.5 Å². The maximum atomic E-state index is 12.7. The Labute approximate surface area is 203 Å². The molecule has 0 spiro atoms. The lowest BCUT2D eigenvalue weighted by atomic mass is 9.97. The summed E-state index contributed by atoms with van der Waals surface area (Å²) in [6.07, 6.45) is 10.8. The standard InChI is InChI=1S/C26H28N8O/c35-23(34-13-2-1-3-14-34)17-33-12-4-5-20(16-33)26-28-25(31-32-26)19-6-7-22-21(15-19)24(30-29-22)18-8-10-27-11-9-18/h1-2,6-11,15,20H,3-5,12-14,16-17H2,(H,29,30)(H,28,31,32)/t20-/m1/s1. The van der Waals surface area contributed by atoms with Gasteiger partial charge in [0.25, 0.3) is 0 Å². The minimum Gasteiger partial charge on any atom is -0.338 e. The van der Waals surface area contributed by atoms with Crippen LogP contribution in [0, 0.1) is 0 Å². The molecule has 3 aromatic heterocycles. The van der Waals surface area contributed by atoms with Crippen molar-refractivity contribution < 1.29 is 4.79 Å². The van der Waals surface area contributed by atoms with E-state index in [0.717, 1.165) is 79.0 Å². The van der Waals surface area contributed by atoms with Crippen molar-refractivity contribution in [2.24, 2.45) is 0 Å². The highest BCUT2D eigenvalue weighted by Gasteiger charge is 2.27. The number of hydrogen-bond donors (Lipinski definition) is 2. The average Bonchev–Trinajstić information content (AvgIpc) is 3.57. The third-order valence-corrected chi connectivity index (χ3v) is 6.94. The number of fused-ring (bicyclic) bond motifs is 1. The number of carbonyl (C=O) groups is 1. The number of likely N-dealkylation sites (tertiary alicyclic amines) is 1. The average molecular weight is 469 g/mol. The number of amides is 1. The molecule has 0 saturated carbocycles. The lowest BCUT2D eigenvalue weighted by molar-refractivity contribution is -0.132. The molecule has 35 heavy (non-hydrogen) atoms. The Hall–Kier alpha value is -3.85. The summed E-state index contributed by atoms with van der Waals surface area (Å²) in [4.78, 5) is 25.9. The smallest absolute Gasteiger partial charge is 0.237 e. The lowest BCUT2D eigenvalue weighted by Gasteiger charge is -2.33. The van der Waals surface area contributed by atoms with Crippen molar-refractivity contribution in [1.29, 1.82) is 0 Å². The van der Waals surface area contributed by atoms with E-state index in [0.29, 0.717) is 12.4 Å². The van der Waals surface area contributed by atoms with Crippen molar-refractivity contribution in [2.45, 2.75) is 25.2 Å². The Morgan fingerprint density at radius 3 is 2.80 bits per heavy atom. The number of pyridine rings is 1. The minimum absolute atomic E-state index is 0.215. The van der Waals surface area contributed by atoms with E-state index in [1.54, 1.807) is 12.4 Å². The van der Waals surface area contributed by atoms with Gasteiger partial charge in [0.15, 0.2) is 5.82 Å². The van der Waals surface area contributed by atoms with Gasteiger partial charge in [0, 0.05) is 54.5 Å². The van der Waals surface area contributed by atoms with E-state index in [-0.39, 0.29) is 11.8 Å². The van der Waals surface area contributed by atoms with Crippen molar-refractivity contribution in [1.82, 2.24) is 40.2 Å². The number of carbonyl (C=O) groups excluding carboxylic acids is 1. The summed E-state index contributed by atoms with van der Waals surface area (Å²) in [5.41, 5.74) is 3.80. The van der Waals surface area contributed by atoms with Gasteiger partial charge in [0.05, 0.1) is 12.1 Å². The Balaban J connectivity index is 1.18. The summed E-state index contributed by atoms with van der Waals surface area (Å²) in [6, 6.07) is 10.0. The number of aromatic nitrogens is 6. The van der Waals surface area contributed by atoms with Crippen molar-refractivity contribution in [3.8, 4) is 22.6 Å². The van der Waals surface area contributed by atoms with E-state index < -0.39 is 0 Å². The first-order valence-electron chi connectivity index (χ1n) is 12.2. The van der Waals surface area contributed by atoms with E-state index in [4.69, 9.17) is 4.98 Å². The van der Waals surface area contributed by atoms with E-state index >= 15 is 0 Å². The SMILES string of the molecule is O=C(CN1CCC[C@@H](c2nc(-c3ccc4[nH]nc(-c5ccncc5)c4c3)n[nH]2)C1)N1CC=CCC1. The predicted molar refractivity (Wildman–Crippen MR) is 133 cm³/mol. The van der Waals surface area contributed by atoms with Gasteiger partial charge in [-0.05, 0) is 56.1 Å². The monoisotopic (exact) mass is 468 g/mol. The molecule has 5 heterocycles. The Bertz CT molecular complexity index is 1360. The molecule has 1 atom stereocenters. The highest BCUT2D eigenvalue weighted by atomic mass is 16.2. The second kappa shape index (κ2) is 9.42. The van der Waals surface area contributed by atoms with Crippen molar-refractivity contribution in [3.05, 3.63) is 60.7 Å². The molecule has 4 aromatic rings. The first-order valence-corrected chi connectivity index (χ1v) is 12.2. The topological polar surface area (TPSA) is 107 Å². The Morgan fingerprint density at radius 1 is 1.03 bits per heavy atom. The van der Waals surface area contributed by atoms with Gasteiger partial charge in [-0.1, -0.05) is 12.2 Å². The van der Waals surface area contributed by atoms with Gasteiger partial charge in [-0.2, -0.15) is 10.2 Å². The van der Waals surface area contributed by atoms with Crippen LogP contribution in [-0.4, -0.2) is 78.8 Å². The number of rotatable bonds is 5. The predicted octanol–water partition coefficient (Wildman–Crippen LogP) is 3.38. The van der Waals surface area contributed by atoms with Crippen LogP contribution in [0.5, 0.6) is 0 Å². The van der Waals surface area contributed by atoms with E-state index in [9.17, 15) is 4.79 Å². The van der Waals surface area contributed by atoms with Gasteiger partial charge < -0.3 is 4.90 Å². The quantitative estimate of drug-likeness (QED) is 0.435. The second-order valence-electron chi connectivity index (χ2n) is 9.29. The van der Waals surface area contributed by atoms with Gasteiger partial charge in [0.2, 0.25) is 5.91 Å². The Morgan fingerprint density at radius 2 is 1.94 bits per heavy atom. The van der Waals surface area contributed by atoms with Crippen LogP contribution in [0.15, 0.2) is 54.9 Å². The fourth-order valence-electron chi connectivity index (χ4n) is 5.05. The number of nitrogens with one attached hydrogen (secondary N) is 2. The highest BCUT2D eigenvalue weighted by molar-refractivity contribution is 5.95. The van der Waals surface area contributed by atoms with Crippen molar-refractivity contribution >= 4 is 16.8 Å². The zero-order chi connectivity index (χ0) is 23.6. The summed E-state index contributed by atoms with van der Waals surface area (Å²) in [7, 11) is 0. The van der Waals surface area contributed by atoms with Gasteiger partial charge in [-0.3, -0.25) is 24.9 Å². The van der Waals surface area contributed by atoms with Crippen LogP contribution in [-0.2, 0) is 4.79 Å². The minimum atomic E-state index is 0.215. The zero-order valence-electron chi connectivity index (χ0n) is 19.5. The molecule has 2 N–H and O–H groups in total. The van der Waals surface area contributed by atoms with Crippen LogP contribution in [0.2, 0.25) is 0 Å². The molecule has 1 fully saturated rings. The fourth-order valence-corrected chi connectivity index (χ4v) is 5.05. The van der Waals surface area contributed by atoms with Crippen LogP contribution in [0.3, 0.4) is 0 Å². The summed E-state index contributed by atoms with van der Waals surface area (Å²) in [6.45, 7) is 3.78. The summed E-state index contributed by atoms with van der Waals surface area (Å²) < 4.78 is 0. The van der Waals surface area contributed by atoms with E-state index in [2.05, 4.69) is 48.5 Å². The molecule has 0 aliphatic carbocycles. The van der Waals surface area contributed by atoms with Crippen LogP contribution in [0.4, 0.5) is 0 Å². The third-order valence-electron chi connectivity index (χ3n) is 6.94. The molecule has 1 saturated heterocycles. The molecule has 9 nitrogen and oxygen atoms in total. The molecule has 1 aromatic carbocycles. The number of H-pyrrole nitrogens is 2. The van der Waals surface area contributed by atoms with Gasteiger partial charge >= 0.3 is 0 Å². The maximum absolute atomic E-state index is 12.7. The number of nitrogens with zero attached hydrogens (tertiary/aromatic N) is 6. The zero-order valence-corrected chi connectivity index (χ0v) is 19.5. The molecule has 9 heteroatoms. The third kappa shape index (κ3) is 4.46. The molecule has 2 aliphatic rings. The normalized spacial score (nSPS) is 18.9. The van der Waals surface area contributed by atoms with E-state index in [1.165, 1.54) is 0 Å². The molecule has 0 unspecified atom stereocenters. The first kappa shape index (κ1) is 21.7. The van der Waals surface area contributed by atoms with Crippen LogP contribution < -0.4 is 0 Å². The first-order chi connectivity index (χ1) is 17.2. The molecule has 1 amide bonds. The largest absolute Gasteiger partial charge is 0.338 e. The van der Waals surface area contributed by atoms with Crippen molar-refractivity contribution in [3.63, 3.8) is 0 Å². The summed E-state index contributed by atoms with van der Waals surface area (Å²) in [5.74, 6) is 2.02. The maximum Gasteiger partial charge on any atom is 0.237 e. The summed E-state index contributed by atoms with van der Waals surface area (Å²) >= 11 is 0. The molecule has 2 aliphatic heterocycles. The van der Waals surface area contributed by atoms with Gasteiger partial charge in [-0.15, -0.1) is 0 Å². The second-order valence-corrected chi connectivity index (χ2v) is 9.29. The molecular weight excluding hydrogens is 440 g/mol. The Kier molecular flexibility index (Phi) is 5.83. The summed E-state index contributed by atoms with van der Waals surface area (Å²) in [5, 5.41) is 16.3. The molecule has 6 rings (SSSR count). The van der Waals surface area contributed by atoms with Crippen LogP contribution in [0.1, 0.15) is 31.0 Å². The van der Waals surface area contributed by atoms with Crippen LogP contribution >= 0.6 is 0 Å².